The Morgan fingerprint density at radius 2 is 2.15 bits per heavy atom. The second-order valence-electron chi connectivity index (χ2n) is 5.20. The number of piperidine rings is 1. The van der Waals surface area contributed by atoms with Crippen LogP contribution >= 0.6 is 0 Å². The lowest BCUT2D eigenvalue weighted by molar-refractivity contribution is -0.384. The molecule has 0 radical (unpaired) electrons. The van der Waals surface area contributed by atoms with Gasteiger partial charge in [0, 0.05) is 31.3 Å². The van der Waals surface area contributed by atoms with Crippen LogP contribution in [0.4, 0.5) is 5.69 Å². The van der Waals surface area contributed by atoms with Crippen molar-refractivity contribution in [3.63, 3.8) is 0 Å². The summed E-state index contributed by atoms with van der Waals surface area (Å²) in [5.41, 5.74) is 0.488. The Hall–Kier alpha value is -1.95. The standard InChI is InChI=1S/C14H19N3O3/c1-16(10-11-3-2-8-15-9-11)14(18)12-4-6-13(7-5-12)17(19)20/h4-7,11,15H,2-3,8-10H2,1H3. The van der Waals surface area contributed by atoms with E-state index < -0.39 is 4.92 Å². The maximum Gasteiger partial charge on any atom is 0.269 e. The fourth-order valence-electron chi connectivity index (χ4n) is 2.50. The minimum absolute atomic E-state index is 0.000633. The molecule has 1 aliphatic rings. The van der Waals surface area contributed by atoms with E-state index in [0.29, 0.717) is 18.0 Å². The molecule has 1 fully saturated rings. The molecule has 2 rings (SSSR count). The average Bonchev–Trinajstić information content (AvgIpc) is 2.47. The van der Waals surface area contributed by atoms with Crippen molar-refractivity contribution in [2.75, 3.05) is 26.7 Å². The van der Waals surface area contributed by atoms with E-state index in [1.54, 1.807) is 11.9 Å². The van der Waals surface area contributed by atoms with Gasteiger partial charge in [-0.2, -0.15) is 0 Å². The molecule has 1 N–H and O–H groups in total. The molecule has 1 heterocycles. The van der Waals surface area contributed by atoms with Gasteiger partial charge in [-0.25, -0.2) is 0 Å². The number of hydrogen-bond acceptors (Lipinski definition) is 4. The number of nitrogens with zero attached hydrogens (tertiary/aromatic N) is 2. The van der Waals surface area contributed by atoms with Crippen LogP contribution in [0.1, 0.15) is 23.2 Å². The van der Waals surface area contributed by atoms with Crippen molar-refractivity contribution in [2.45, 2.75) is 12.8 Å². The van der Waals surface area contributed by atoms with Gasteiger partial charge in [-0.15, -0.1) is 0 Å². The molecule has 1 amide bonds. The third-order valence-corrected chi connectivity index (χ3v) is 3.60. The number of benzene rings is 1. The van der Waals surface area contributed by atoms with E-state index in [9.17, 15) is 14.9 Å². The van der Waals surface area contributed by atoms with Crippen LogP contribution in [0.5, 0.6) is 0 Å². The summed E-state index contributed by atoms with van der Waals surface area (Å²) in [5, 5.41) is 13.9. The lowest BCUT2D eigenvalue weighted by Gasteiger charge is -2.27. The molecule has 6 heteroatoms. The van der Waals surface area contributed by atoms with Crippen molar-refractivity contribution < 1.29 is 9.72 Å². The van der Waals surface area contributed by atoms with Crippen LogP contribution in [0.25, 0.3) is 0 Å². The molecule has 0 aromatic heterocycles. The summed E-state index contributed by atoms with van der Waals surface area (Å²) < 4.78 is 0. The topological polar surface area (TPSA) is 75.5 Å². The molecule has 0 bridgehead atoms. The highest BCUT2D eigenvalue weighted by molar-refractivity contribution is 5.94. The van der Waals surface area contributed by atoms with Gasteiger partial charge in [0.25, 0.3) is 11.6 Å². The number of carbonyl (C=O) groups excluding carboxylic acids is 1. The molecule has 1 aromatic rings. The number of nitro groups is 1. The summed E-state index contributed by atoms with van der Waals surface area (Å²) in [6, 6.07) is 5.75. The first-order valence-corrected chi connectivity index (χ1v) is 6.78. The predicted octanol–water partition coefficient (Wildman–Crippen LogP) is 1.67. The van der Waals surface area contributed by atoms with Crippen LogP contribution in [0, 0.1) is 16.0 Å². The van der Waals surface area contributed by atoms with Crippen LogP contribution in [0.3, 0.4) is 0 Å². The molecule has 108 valence electrons. The normalized spacial score (nSPS) is 18.6. The summed E-state index contributed by atoms with van der Waals surface area (Å²) in [6.45, 7) is 2.71. The number of rotatable bonds is 4. The van der Waals surface area contributed by atoms with Crippen molar-refractivity contribution in [2.24, 2.45) is 5.92 Å². The van der Waals surface area contributed by atoms with Crippen LogP contribution in [-0.2, 0) is 0 Å². The Morgan fingerprint density at radius 1 is 1.45 bits per heavy atom. The molecule has 6 nitrogen and oxygen atoms in total. The zero-order chi connectivity index (χ0) is 14.5. The highest BCUT2D eigenvalue weighted by Gasteiger charge is 2.19. The Bertz CT molecular complexity index is 481. The summed E-state index contributed by atoms with van der Waals surface area (Å²) >= 11 is 0. The largest absolute Gasteiger partial charge is 0.341 e. The highest BCUT2D eigenvalue weighted by atomic mass is 16.6. The molecule has 0 saturated carbocycles. The SMILES string of the molecule is CN(CC1CCCNC1)C(=O)c1ccc([N+](=O)[O-])cc1. The van der Waals surface area contributed by atoms with Gasteiger partial charge < -0.3 is 10.2 Å². The van der Waals surface area contributed by atoms with E-state index in [0.717, 1.165) is 25.9 Å². The lowest BCUT2D eigenvalue weighted by Crippen LogP contribution is -2.39. The monoisotopic (exact) mass is 277 g/mol. The summed E-state index contributed by atoms with van der Waals surface area (Å²) in [4.78, 5) is 24.0. The van der Waals surface area contributed by atoms with Crippen molar-refractivity contribution in [1.29, 1.82) is 0 Å². The zero-order valence-electron chi connectivity index (χ0n) is 11.5. The Kier molecular flexibility index (Phi) is 4.68. The molecule has 20 heavy (non-hydrogen) atoms. The third kappa shape index (κ3) is 3.54. The second-order valence-corrected chi connectivity index (χ2v) is 5.20. The minimum Gasteiger partial charge on any atom is -0.341 e. The number of amides is 1. The second kappa shape index (κ2) is 6.47. The molecular formula is C14H19N3O3. The Balaban J connectivity index is 1.96. The Morgan fingerprint density at radius 3 is 2.70 bits per heavy atom. The smallest absolute Gasteiger partial charge is 0.269 e. The van der Waals surface area contributed by atoms with Gasteiger partial charge in [0.2, 0.25) is 0 Å². The fraction of sp³-hybridized carbons (Fsp3) is 0.500. The number of carbonyl (C=O) groups is 1. The molecule has 0 spiro atoms. The average molecular weight is 277 g/mol. The maximum absolute atomic E-state index is 12.2. The van der Waals surface area contributed by atoms with Gasteiger partial charge in [0.1, 0.15) is 0 Å². The molecular weight excluding hydrogens is 258 g/mol. The van der Waals surface area contributed by atoms with Gasteiger partial charge >= 0.3 is 0 Å². The van der Waals surface area contributed by atoms with E-state index in [1.165, 1.54) is 24.3 Å². The van der Waals surface area contributed by atoms with Crippen molar-refractivity contribution >= 4 is 11.6 Å². The maximum atomic E-state index is 12.2. The van der Waals surface area contributed by atoms with Crippen molar-refractivity contribution in [3.05, 3.63) is 39.9 Å². The third-order valence-electron chi connectivity index (χ3n) is 3.60. The Labute approximate surface area is 117 Å². The number of nitrogens with one attached hydrogen (secondary N) is 1. The molecule has 1 atom stereocenters. The molecule has 1 aromatic carbocycles. The predicted molar refractivity (Wildman–Crippen MR) is 75.7 cm³/mol. The van der Waals surface area contributed by atoms with Gasteiger partial charge in [-0.1, -0.05) is 0 Å². The summed E-state index contributed by atoms with van der Waals surface area (Å²) in [5.74, 6) is 0.390. The molecule has 1 unspecified atom stereocenters. The van der Waals surface area contributed by atoms with Gasteiger partial charge in [0.05, 0.1) is 4.92 Å². The van der Waals surface area contributed by atoms with Crippen LogP contribution < -0.4 is 5.32 Å². The van der Waals surface area contributed by atoms with E-state index in [2.05, 4.69) is 5.32 Å². The minimum atomic E-state index is -0.467. The summed E-state index contributed by atoms with van der Waals surface area (Å²) in [7, 11) is 1.78. The highest BCUT2D eigenvalue weighted by Crippen LogP contribution is 2.15. The lowest BCUT2D eigenvalue weighted by atomic mass is 9.99. The summed E-state index contributed by atoms with van der Waals surface area (Å²) in [6.07, 6.45) is 2.27. The van der Waals surface area contributed by atoms with E-state index in [-0.39, 0.29) is 11.6 Å². The first-order valence-electron chi connectivity index (χ1n) is 6.78. The van der Waals surface area contributed by atoms with Gasteiger partial charge in [0.15, 0.2) is 0 Å². The van der Waals surface area contributed by atoms with E-state index >= 15 is 0 Å². The quantitative estimate of drug-likeness (QED) is 0.671. The van der Waals surface area contributed by atoms with Crippen molar-refractivity contribution in [3.8, 4) is 0 Å². The number of non-ortho nitro benzene ring substituents is 1. The van der Waals surface area contributed by atoms with E-state index in [4.69, 9.17) is 0 Å². The first kappa shape index (κ1) is 14.5. The molecule has 1 aliphatic heterocycles. The number of hydrogen-bond donors (Lipinski definition) is 1. The fourth-order valence-corrected chi connectivity index (χ4v) is 2.50. The van der Waals surface area contributed by atoms with Crippen molar-refractivity contribution in [1.82, 2.24) is 10.2 Å². The first-order chi connectivity index (χ1) is 9.58. The van der Waals surface area contributed by atoms with Crippen LogP contribution in [0.2, 0.25) is 0 Å². The molecule has 1 saturated heterocycles. The number of nitro benzene ring substituents is 1. The van der Waals surface area contributed by atoms with E-state index in [1.807, 2.05) is 0 Å². The van der Waals surface area contributed by atoms with Crippen LogP contribution in [-0.4, -0.2) is 42.4 Å². The van der Waals surface area contributed by atoms with Gasteiger partial charge in [-0.05, 0) is 44.0 Å². The molecule has 0 aliphatic carbocycles. The zero-order valence-corrected chi connectivity index (χ0v) is 11.5. The van der Waals surface area contributed by atoms with Crippen LogP contribution in [0.15, 0.2) is 24.3 Å². The van der Waals surface area contributed by atoms with Gasteiger partial charge in [-0.3, -0.25) is 14.9 Å².